The number of carbonyl (C=O) groups excluding carboxylic acids is 1. The van der Waals surface area contributed by atoms with Gasteiger partial charge in [0.15, 0.2) is 0 Å². The topological polar surface area (TPSA) is 45.2 Å². The first-order valence-corrected chi connectivity index (χ1v) is 7.86. The number of pyridine rings is 1. The third kappa shape index (κ3) is 3.50. The van der Waals surface area contributed by atoms with Crippen LogP contribution < -0.4 is 5.32 Å². The smallest absolute Gasteiger partial charge is 0.220 e. The highest BCUT2D eigenvalue weighted by atomic mass is 19.1. The molecule has 4 nitrogen and oxygen atoms in total. The Morgan fingerprint density at radius 1 is 1.30 bits per heavy atom. The van der Waals surface area contributed by atoms with E-state index < -0.39 is 0 Å². The molecule has 2 heterocycles. The number of benzene rings is 1. The van der Waals surface area contributed by atoms with Crippen molar-refractivity contribution in [3.8, 4) is 0 Å². The van der Waals surface area contributed by atoms with Crippen LogP contribution in [0.15, 0.2) is 42.5 Å². The number of halogens is 1. The van der Waals surface area contributed by atoms with Gasteiger partial charge in [-0.1, -0.05) is 24.3 Å². The lowest BCUT2D eigenvalue weighted by molar-refractivity contribution is -0.129. The minimum Gasteiger partial charge on any atom is -0.366 e. The first-order valence-electron chi connectivity index (χ1n) is 7.86. The summed E-state index contributed by atoms with van der Waals surface area (Å²) >= 11 is 0. The number of carbonyl (C=O) groups is 1. The molecule has 1 aliphatic rings. The van der Waals surface area contributed by atoms with Gasteiger partial charge in [0, 0.05) is 25.6 Å². The van der Waals surface area contributed by atoms with Crippen molar-refractivity contribution in [3.63, 3.8) is 0 Å². The molecule has 0 aliphatic carbocycles. The van der Waals surface area contributed by atoms with Gasteiger partial charge in [0.25, 0.3) is 0 Å². The summed E-state index contributed by atoms with van der Waals surface area (Å²) in [6.07, 6.45) is 1.93. The summed E-state index contributed by atoms with van der Waals surface area (Å²) in [6.45, 7) is 2.76. The highest BCUT2D eigenvalue weighted by Crippen LogP contribution is 2.31. The van der Waals surface area contributed by atoms with E-state index in [1.807, 2.05) is 29.2 Å². The summed E-state index contributed by atoms with van der Waals surface area (Å²) in [5.41, 5.74) is 1.49. The molecule has 5 heteroatoms. The molecule has 1 saturated heterocycles. The molecule has 0 saturated carbocycles. The number of rotatable bonds is 4. The van der Waals surface area contributed by atoms with Gasteiger partial charge in [-0.25, -0.2) is 9.37 Å². The van der Waals surface area contributed by atoms with Gasteiger partial charge in [0.05, 0.1) is 11.7 Å². The Bertz CT molecular complexity index is 704. The van der Waals surface area contributed by atoms with Gasteiger partial charge >= 0.3 is 0 Å². The Hall–Kier alpha value is -2.43. The van der Waals surface area contributed by atoms with Gasteiger partial charge in [-0.15, -0.1) is 0 Å². The third-order valence-corrected chi connectivity index (χ3v) is 4.19. The Kier molecular flexibility index (Phi) is 4.55. The summed E-state index contributed by atoms with van der Waals surface area (Å²) in [4.78, 5) is 18.2. The van der Waals surface area contributed by atoms with Crippen LogP contribution in [0.1, 0.15) is 37.1 Å². The van der Waals surface area contributed by atoms with E-state index in [9.17, 15) is 9.18 Å². The van der Waals surface area contributed by atoms with Gasteiger partial charge in [0.2, 0.25) is 5.91 Å². The van der Waals surface area contributed by atoms with Gasteiger partial charge < -0.3 is 10.2 Å². The van der Waals surface area contributed by atoms with Crippen LogP contribution in [0.5, 0.6) is 0 Å². The predicted octanol–water partition coefficient (Wildman–Crippen LogP) is 3.52. The molecule has 1 amide bonds. The van der Waals surface area contributed by atoms with Gasteiger partial charge in [-0.3, -0.25) is 4.79 Å². The van der Waals surface area contributed by atoms with E-state index in [1.165, 1.54) is 6.07 Å². The molecule has 2 aromatic rings. The van der Waals surface area contributed by atoms with Crippen LogP contribution in [0.2, 0.25) is 0 Å². The van der Waals surface area contributed by atoms with Crippen molar-refractivity contribution in [2.45, 2.75) is 32.4 Å². The molecule has 1 N–H and O–H groups in total. The SMILES string of the molecule is CC(=O)N1CCC[C@@H]1c1cccc(NCc2ccccc2F)n1. The van der Waals surface area contributed by atoms with Crippen LogP contribution in [0.3, 0.4) is 0 Å². The quantitative estimate of drug-likeness (QED) is 0.939. The van der Waals surface area contributed by atoms with Gasteiger partial charge in [0.1, 0.15) is 11.6 Å². The molecule has 0 unspecified atom stereocenters. The number of nitrogens with zero attached hydrogens (tertiary/aromatic N) is 2. The second-order valence-electron chi connectivity index (χ2n) is 5.76. The lowest BCUT2D eigenvalue weighted by Gasteiger charge is -2.23. The first-order chi connectivity index (χ1) is 11.1. The lowest BCUT2D eigenvalue weighted by Crippen LogP contribution is -2.28. The minimum atomic E-state index is -0.227. The number of amides is 1. The van der Waals surface area contributed by atoms with E-state index in [1.54, 1.807) is 19.1 Å². The monoisotopic (exact) mass is 313 g/mol. The number of hydrogen-bond donors (Lipinski definition) is 1. The molecule has 1 atom stereocenters. The van der Waals surface area contributed by atoms with Crippen molar-refractivity contribution in [2.24, 2.45) is 0 Å². The summed E-state index contributed by atoms with van der Waals surface area (Å²) < 4.78 is 13.7. The number of hydrogen-bond acceptors (Lipinski definition) is 3. The molecule has 120 valence electrons. The van der Waals surface area contributed by atoms with Crippen molar-refractivity contribution in [2.75, 3.05) is 11.9 Å². The van der Waals surface area contributed by atoms with E-state index in [0.29, 0.717) is 17.9 Å². The van der Waals surface area contributed by atoms with E-state index >= 15 is 0 Å². The number of anilines is 1. The maximum atomic E-state index is 13.7. The molecule has 1 aromatic heterocycles. The fourth-order valence-corrected chi connectivity index (χ4v) is 3.01. The lowest BCUT2D eigenvalue weighted by atomic mass is 10.1. The average Bonchev–Trinajstić information content (AvgIpc) is 3.04. The van der Waals surface area contributed by atoms with Crippen molar-refractivity contribution in [1.29, 1.82) is 0 Å². The van der Waals surface area contributed by atoms with Crippen LogP contribution >= 0.6 is 0 Å². The molecule has 1 aromatic carbocycles. The molecule has 0 bridgehead atoms. The standard InChI is InChI=1S/C18H20FN3O/c1-13(23)22-11-5-9-17(22)16-8-4-10-18(21-16)20-12-14-6-2-3-7-15(14)19/h2-4,6-8,10,17H,5,9,11-12H2,1H3,(H,20,21)/t17-/m1/s1. The molecule has 23 heavy (non-hydrogen) atoms. The molecular formula is C18H20FN3O. The van der Waals surface area contributed by atoms with E-state index in [2.05, 4.69) is 10.3 Å². The van der Waals surface area contributed by atoms with Crippen LogP contribution in [0, 0.1) is 5.82 Å². The molecule has 3 rings (SSSR count). The fourth-order valence-electron chi connectivity index (χ4n) is 3.01. The number of likely N-dealkylation sites (tertiary alicyclic amines) is 1. The van der Waals surface area contributed by atoms with Crippen molar-refractivity contribution >= 4 is 11.7 Å². The molecule has 0 radical (unpaired) electrons. The van der Waals surface area contributed by atoms with E-state index in [4.69, 9.17) is 0 Å². The Morgan fingerprint density at radius 2 is 2.13 bits per heavy atom. The Morgan fingerprint density at radius 3 is 2.91 bits per heavy atom. The Labute approximate surface area is 135 Å². The second-order valence-corrected chi connectivity index (χ2v) is 5.76. The second kappa shape index (κ2) is 6.77. The number of aromatic nitrogens is 1. The zero-order chi connectivity index (χ0) is 16.2. The summed E-state index contributed by atoms with van der Waals surface area (Å²) in [7, 11) is 0. The highest BCUT2D eigenvalue weighted by molar-refractivity contribution is 5.74. The van der Waals surface area contributed by atoms with Crippen LogP contribution in [0.25, 0.3) is 0 Å². The predicted molar refractivity (Wildman–Crippen MR) is 87.3 cm³/mol. The van der Waals surface area contributed by atoms with E-state index in [-0.39, 0.29) is 17.8 Å². The highest BCUT2D eigenvalue weighted by Gasteiger charge is 2.28. The zero-order valence-electron chi connectivity index (χ0n) is 13.1. The first kappa shape index (κ1) is 15.5. The molecular weight excluding hydrogens is 293 g/mol. The third-order valence-electron chi connectivity index (χ3n) is 4.19. The largest absolute Gasteiger partial charge is 0.366 e. The maximum Gasteiger partial charge on any atom is 0.220 e. The summed E-state index contributed by atoms with van der Waals surface area (Å²) in [6, 6.07) is 12.5. The normalized spacial score (nSPS) is 17.3. The van der Waals surface area contributed by atoms with Crippen LogP contribution in [-0.4, -0.2) is 22.3 Å². The van der Waals surface area contributed by atoms with E-state index in [0.717, 1.165) is 25.1 Å². The Balaban J connectivity index is 1.73. The van der Waals surface area contributed by atoms with Crippen molar-refractivity contribution in [3.05, 3.63) is 59.5 Å². The fraction of sp³-hybridized carbons (Fsp3) is 0.333. The van der Waals surface area contributed by atoms with Gasteiger partial charge in [-0.2, -0.15) is 0 Å². The zero-order valence-corrected chi connectivity index (χ0v) is 13.1. The van der Waals surface area contributed by atoms with Crippen LogP contribution in [0.4, 0.5) is 10.2 Å². The molecule has 1 aliphatic heterocycles. The van der Waals surface area contributed by atoms with Crippen molar-refractivity contribution < 1.29 is 9.18 Å². The summed E-state index contributed by atoms with van der Waals surface area (Å²) in [5.74, 6) is 0.551. The van der Waals surface area contributed by atoms with Crippen LogP contribution in [-0.2, 0) is 11.3 Å². The van der Waals surface area contributed by atoms with Gasteiger partial charge in [-0.05, 0) is 31.0 Å². The summed E-state index contributed by atoms with van der Waals surface area (Å²) in [5, 5.41) is 3.16. The molecule has 0 spiro atoms. The maximum absolute atomic E-state index is 13.7. The number of nitrogens with one attached hydrogen (secondary N) is 1. The minimum absolute atomic E-state index is 0.0442. The van der Waals surface area contributed by atoms with Crippen molar-refractivity contribution in [1.82, 2.24) is 9.88 Å². The average molecular weight is 313 g/mol. The molecule has 1 fully saturated rings.